The zero-order valence-corrected chi connectivity index (χ0v) is 20.2. The maximum atomic E-state index is 12.6. The van der Waals surface area contributed by atoms with Gasteiger partial charge in [0.25, 0.3) is 5.91 Å². The number of ether oxygens (including phenoxy) is 3. The van der Waals surface area contributed by atoms with Crippen molar-refractivity contribution in [1.29, 1.82) is 0 Å². The van der Waals surface area contributed by atoms with Gasteiger partial charge in [-0.1, -0.05) is 15.9 Å². The van der Waals surface area contributed by atoms with E-state index in [1.807, 2.05) is 6.07 Å². The average molecular weight is 507 g/mol. The van der Waals surface area contributed by atoms with Crippen LogP contribution in [0.1, 0.15) is 34.3 Å². The largest absolute Gasteiger partial charge is 0.493 e. The van der Waals surface area contributed by atoms with E-state index in [4.69, 9.17) is 19.3 Å². The zero-order valence-electron chi connectivity index (χ0n) is 18.7. The van der Waals surface area contributed by atoms with Crippen LogP contribution in [-0.2, 0) is 13.0 Å². The van der Waals surface area contributed by atoms with Crippen LogP contribution in [0.3, 0.4) is 0 Å². The fourth-order valence-corrected chi connectivity index (χ4v) is 4.21. The summed E-state index contributed by atoms with van der Waals surface area (Å²) in [6.07, 6.45) is 2.88. The highest BCUT2D eigenvalue weighted by molar-refractivity contribution is 9.10. The van der Waals surface area contributed by atoms with Gasteiger partial charge in [-0.2, -0.15) is 0 Å². The number of halogens is 1. The van der Waals surface area contributed by atoms with Crippen molar-refractivity contribution in [3.05, 3.63) is 51.5 Å². The third-order valence-corrected chi connectivity index (χ3v) is 6.01. The molecule has 2 aromatic rings. The van der Waals surface area contributed by atoms with Gasteiger partial charge in [0.15, 0.2) is 11.5 Å². The van der Waals surface area contributed by atoms with E-state index in [1.54, 1.807) is 26.4 Å². The SMILES string of the molecule is COc1cc2c(cc1OC)CN(CCCCNC(=O)c1cc(Br)ccc1OCCO)CC2. The number of fused-ring (bicyclic) bond motifs is 1. The molecular weight excluding hydrogens is 476 g/mol. The molecule has 1 heterocycles. The van der Waals surface area contributed by atoms with E-state index in [0.717, 1.165) is 54.9 Å². The number of carbonyl (C=O) groups excluding carboxylic acids is 1. The normalized spacial score (nSPS) is 13.4. The van der Waals surface area contributed by atoms with Gasteiger partial charge in [-0.25, -0.2) is 0 Å². The van der Waals surface area contributed by atoms with E-state index < -0.39 is 0 Å². The number of aliphatic hydroxyl groups excluding tert-OH is 1. The molecule has 1 amide bonds. The van der Waals surface area contributed by atoms with Crippen LogP contribution in [0.2, 0.25) is 0 Å². The third kappa shape index (κ3) is 6.37. The van der Waals surface area contributed by atoms with Gasteiger partial charge in [0.05, 0.1) is 26.4 Å². The number of rotatable bonds is 11. The molecular formula is C24H31BrN2O5. The molecule has 0 radical (unpaired) electrons. The van der Waals surface area contributed by atoms with E-state index in [1.165, 1.54) is 11.1 Å². The first-order valence-electron chi connectivity index (χ1n) is 10.8. The Morgan fingerprint density at radius 2 is 1.84 bits per heavy atom. The maximum absolute atomic E-state index is 12.6. The molecule has 0 bridgehead atoms. The average Bonchev–Trinajstić information content (AvgIpc) is 2.81. The molecule has 0 atom stereocenters. The van der Waals surface area contributed by atoms with Crippen molar-refractivity contribution in [2.75, 3.05) is 47.1 Å². The molecule has 0 saturated heterocycles. The Labute approximate surface area is 197 Å². The Hall–Kier alpha value is -2.29. The number of benzene rings is 2. The minimum atomic E-state index is -0.174. The third-order valence-electron chi connectivity index (χ3n) is 5.52. The summed E-state index contributed by atoms with van der Waals surface area (Å²) in [6, 6.07) is 9.44. The van der Waals surface area contributed by atoms with Crippen LogP contribution >= 0.6 is 15.9 Å². The monoisotopic (exact) mass is 506 g/mol. The van der Waals surface area contributed by atoms with Crippen molar-refractivity contribution in [2.24, 2.45) is 0 Å². The van der Waals surface area contributed by atoms with Gasteiger partial charge in [0.1, 0.15) is 12.4 Å². The molecule has 0 unspecified atom stereocenters. The van der Waals surface area contributed by atoms with Gasteiger partial charge in [-0.05, 0) is 67.3 Å². The highest BCUT2D eigenvalue weighted by Gasteiger charge is 2.19. The smallest absolute Gasteiger partial charge is 0.255 e. The van der Waals surface area contributed by atoms with Gasteiger partial charge < -0.3 is 24.6 Å². The first kappa shape index (κ1) is 24.4. The minimum absolute atomic E-state index is 0.0988. The summed E-state index contributed by atoms with van der Waals surface area (Å²) in [5.41, 5.74) is 3.07. The fraction of sp³-hybridized carbons (Fsp3) is 0.458. The lowest BCUT2D eigenvalue weighted by Crippen LogP contribution is -2.32. The van der Waals surface area contributed by atoms with Crippen molar-refractivity contribution in [1.82, 2.24) is 10.2 Å². The number of hydrogen-bond donors (Lipinski definition) is 2. The Bertz CT molecular complexity index is 922. The highest BCUT2D eigenvalue weighted by atomic mass is 79.9. The van der Waals surface area contributed by atoms with Crippen LogP contribution in [0, 0.1) is 0 Å². The van der Waals surface area contributed by atoms with Crippen molar-refractivity contribution in [2.45, 2.75) is 25.8 Å². The fourth-order valence-electron chi connectivity index (χ4n) is 3.85. The Morgan fingerprint density at radius 1 is 1.09 bits per heavy atom. The van der Waals surface area contributed by atoms with Gasteiger partial charge in [-0.3, -0.25) is 9.69 Å². The first-order valence-corrected chi connectivity index (χ1v) is 11.6. The second kappa shape index (κ2) is 12.1. The van der Waals surface area contributed by atoms with Crippen molar-refractivity contribution in [3.8, 4) is 17.2 Å². The van der Waals surface area contributed by atoms with Crippen LogP contribution in [-0.4, -0.2) is 63.0 Å². The second-order valence-electron chi connectivity index (χ2n) is 7.68. The molecule has 1 aliphatic rings. The van der Waals surface area contributed by atoms with Crippen LogP contribution in [0.15, 0.2) is 34.8 Å². The van der Waals surface area contributed by atoms with Gasteiger partial charge in [0, 0.05) is 24.1 Å². The Kier molecular flexibility index (Phi) is 9.20. The molecule has 2 aromatic carbocycles. The molecule has 0 saturated carbocycles. The predicted octanol–water partition coefficient (Wildman–Crippen LogP) is 3.41. The molecule has 0 aromatic heterocycles. The number of carbonyl (C=O) groups is 1. The van der Waals surface area contributed by atoms with Crippen LogP contribution in [0.4, 0.5) is 0 Å². The maximum Gasteiger partial charge on any atom is 0.255 e. The van der Waals surface area contributed by atoms with Crippen molar-refractivity contribution < 1.29 is 24.1 Å². The molecule has 2 N–H and O–H groups in total. The topological polar surface area (TPSA) is 80.3 Å². The molecule has 7 nitrogen and oxygen atoms in total. The van der Waals surface area contributed by atoms with Gasteiger partial charge in [-0.15, -0.1) is 0 Å². The van der Waals surface area contributed by atoms with Crippen LogP contribution < -0.4 is 19.5 Å². The lowest BCUT2D eigenvalue weighted by Gasteiger charge is -2.29. The summed E-state index contributed by atoms with van der Waals surface area (Å²) >= 11 is 3.39. The molecule has 8 heteroatoms. The Morgan fingerprint density at radius 3 is 2.56 bits per heavy atom. The summed E-state index contributed by atoms with van der Waals surface area (Å²) in [5, 5.41) is 11.9. The summed E-state index contributed by atoms with van der Waals surface area (Å²) in [4.78, 5) is 15.0. The standard InChI is InChI=1S/C24H31BrN2O5/c1-30-22-13-17-7-10-27(16-18(17)14-23(22)31-2)9-4-3-8-26-24(29)20-15-19(25)5-6-21(20)32-12-11-28/h5-6,13-15,28H,3-4,7-12,16H2,1-2H3,(H,26,29). The van der Waals surface area contributed by atoms with E-state index in [-0.39, 0.29) is 19.1 Å². The molecule has 3 rings (SSSR count). The number of nitrogens with one attached hydrogen (secondary N) is 1. The first-order chi connectivity index (χ1) is 15.5. The lowest BCUT2D eigenvalue weighted by molar-refractivity contribution is 0.0946. The van der Waals surface area contributed by atoms with E-state index >= 15 is 0 Å². The highest BCUT2D eigenvalue weighted by Crippen LogP contribution is 2.33. The summed E-state index contributed by atoms with van der Waals surface area (Å²) in [5.74, 6) is 1.85. The minimum Gasteiger partial charge on any atom is -0.493 e. The van der Waals surface area contributed by atoms with Crippen LogP contribution in [0.25, 0.3) is 0 Å². The number of nitrogens with zero attached hydrogens (tertiary/aromatic N) is 1. The zero-order chi connectivity index (χ0) is 22.9. The molecule has 174 valence electrons. The molecule has 0 spiro atoms. The molecule has 0 aliphatic carbocycles. The van der Waals surface area contributed by atoms with E-state index in [0.29, 0.717) is 17.9 Å². The number of aliphatic hydroxyl groups is 1. The molecule has 1 aliphatic heterocycles. The quantitative estimate of drug-likeness (QED) is 0.454. The molecule has 32 heavy (non-hydrogen) atoms. The van der Waals surface area contributed by atoms with Crippen LogP contribution in [0.5, 0.6) is 17.2 Å². The second-order valence-corrected chi connectivity index (χ2v) is 8.59. The summed E-state index contributed by atoms with van der Waals surface area (Å²) < 4.78 is 17.1. The number of methoxy groups -OCH3 is 2. The van der Waals surface area contributed by atoms with Gasteiger partial charge >= 0.3 is 0 Å². The van der Waals surface area contributed by atoms with Crippen molar-refractivity contribution in [3.63, 3.8) is 0 Å². The Balaban J connectivity index is 1.45. The number of hydrogen-bond acceptors (Lipinski definition) is 6. The number of unbranched alkanes of at least 4 members (excludes halogenated alkanes) is 1. The van der Waals surface area contributed by atoms with E-state index in [2.05, 4.69) is 38.3 Å². The summed E-state index contributed by atoms with van der Waals surface area (Å²) in [7, 11) is 3.33. The lowest BCUT2D eigenvalue weighted by atomic mass is 9.98. The number of amides is 1. The predicted molar refractivity (Wildman–Crippen MR) is 127 cm³/mol. The molecule has 0 fully saturated rings. The van der Waals surface area contributed by atoms with Crippen molar-refractivity contribution >= 4 is 21.8 Å². The summed E-state index contributed by atoms with van der Waals surface area (Å²) in [6.45, 7) is 3.54. The van der Waals surface area contributed by atoms with Gasteiger partial charge in [0.2, 0.25) is 0 Å². The van der Waals surface area contributed by atoms with E-state index in [9.17, 15) is 4.79 Å².